The van der Waals surface area contributed by atoms with Crippen molar-refractivity contribution in [1.29, 1.82) is 0 Å². The molecule has 1 aliphatic heterocycles. The maximum Gasteiger partial charge on any atom is 0.319 e. The number of ether oxygens (including phenoxy) is 1. The molecule has 0 amide bonds. The van der Waals surface area contributed by atoms with Gasteiger partial charge in [-0.3, -0.25) is 9.69 Å². The Morgan fingerprint density at radius 3 is 3.00 bits per heavy atom. The second-order valence-corrected chi connectivity index (χ2v) is 2.40. The van der Waals surface area contributed by atoms with Crippen molar-refractivity contribution < 1.29 is 9.53 Å². The van der Waals surface area contributed by atoms with Crippen molar-refractivity contribution in [3.05, 3.63) is 18.7 Å². The summed E-state index contributed by atoms with van der Waals surface area (Å²) < 4.78 is 4.53. The lowest BCUT2D eigenvalue weighted by Gasteiger charge is -2.20. The Kier molecular flexibility index (Phi) is 3.11. The van der Waals surface area contributed by atoms with Gasteiger partial charge in [0, 0.05) is 13.1 Å². The van der Waals surface area contributed by atoms with Crippen LogP contribution < -0.4 is 0 Å². The zero-order chi connectivity index (χ0) is 8.10. The molecule has 0 bridgehead atoms. The average molecular weight is 154 g/mol. The summed E-state index contributed by atoms with van der Waals surface area (Å²) in [6.07, 6.45) is 5.04. The van der Waals surface area contributed by atoms with Crippen molar-refractivity contribution in [2.24, 2.45) is 0 Å². The number of carbonyl (C=O) groups is 1. The molecule has 0 saturated heterocycles. The Morgan fingerprint density at radius 2 is 2.45 bits per heavy atom. The van der Waals surface area contributed by atoms with Crippen LogP contribution >= 0.6 is 0 Å². The summed E-state index contributed by atoms with van der Waals surface area (Å²) in [6.45, 7) is 3.17. The van der Waals surface area contributed by atoms with Crippen LogP contribution in [0.1, 0.15) is 6.42 Å². The Labute approximate surface area is 66.6 Å². The molecule has 1 rings (SSSR count). The van der Waals surface area contributed by atoms with E-state index in [0.717, 1.165) is 13.0 Å². The second-order valence-electron chi connectivity index (χ2n) is 2.40. The fourth-order valence-corrected chi connectivity index (χ4v) is 0.950. The van der Waals surface area contributed by atoms with E-state index >= 15 is 0 Å². The monoisotopic (exact) mass is 154 g/mol. The molecule has 0 spiro atoms. The molecule has 1 aliphatic rings. The lowest BCUT2D eigenvalue weighted by molar-refractivity contribution is -0.141. The summed E-state index contributed by atoms with van der Waals surface area (Å²) in [5.41, 5.74) is 0. The molecule has 61 valence electrons. The van der Waals surface area contributed by atoms with E-state index in [2.05, 4.69) is 10.8 Å². The van der Waals surface area contributed by atoms with Crippen molar-refractivity contribution in [2.45, 2.75) is 6.42 Å². The first kappa shape index (κ1) is 8.27. The fraction of sp³-hybridized carbons (Fsp3) is 0.500. The number of rotatable bonds is 2. The standard InChI is InChI=1S/C8H12NO2/c1-11-8(10)7-9-5-3-2-4-6-9/h2-3,6H,4-5,7H2,1H3. The van der Waals surface area contributed by atoms with Crippen molar-refractivity contribution in [2.75, 3.05) is 20.2 Å². The summed E-state index contributed by atoms with van der Waals surface area (Å²) in [5, 5.41) is 0. The molecule has 0 N–H and O–H groups in total. The van der Waals surface area contributed by atoms with Gasteiger partial charge in [-0.1, -0.05) is 12.2 Å². The SMILES string of the molecule is COC(=O)CN1[CH]CC=CC1. The van der Waals surface area contributed by atoms with Gasteiger partial charge in [-0.05, 0) is 6.42 Å². The van der Waals surface area contributed by atoms with Gasteiger partial charge in [0.25, 0.3) is 0 Å². The third kappa shape index (κ3) is 2.72. The van der Waals surface area contributed by atoms with Gasteiger partial charge in [-0.15, -0.1) is 0 Å². The van der Waals surface area contributed by atoms with Crippen LogP contribution in [-0.2, 0) is 9.53 Å². The van der Waals surface area contributed by atoms with E-state index in [1.54, 1.807) is 0 Å². The first-order chi connectivity index (χ1) is 5.33. The lowest BCUT2D eigenvalue weighted by atomic mass is 10.2. The quantitative estimate of drug-likeness (QED) is 0.430. The van der Waals surface area contributed by atoms with Crippen LogP contribution in [-0.4, -0.2) is 31.1 Å². The molecular formula is C8H12NO2. The Balaban J connectivity index is 2.26. The van der Waals surface area contributed by atoms with E-state index in [1.165, 1.54) is 7.11 Å². The molecule has 1 heterocycles. The van der Waals surface area contributed by atoms with Gasteiger partial charge in [0.2, 0.25) is 0 Å². The first-order valence-corrected chi connectivity index (χ1v) is 3.62. The van der Waals surface area contributed by atoms with E-state index in [4.69, 9.17) is 0 Å². The zero-order valence-electron chi connectivity index (χ0n) is 6.62. The molecule has 3 nitrogen and oxygen atoms in total. The number of hydrogen-bond donors (Lipinski definition) is 0. The lowest BCUT2D eigenvalue weighted by Crippen LogP contribution is -2.29. The third-order valence-corrected chi connectivity index (χ3v) is 1.57. The minimum atomic E-state index is -0.184. The molecular weight excluding hydrogens is 142 g/mol. The minimum Gasteiger partial charge on any atom is -0.468 e. The molecule has 0 unspecified atom stereocenters. The smallest absolute Gasteiger partial charge is 0.319 e. The highest BCUT2D eigenvalue weighted by atomic mass is 16.5. The number of carbonyl (C=O) groups excluding carboxylic acids is 1. The van der Waals surface area contributed by atoms with Crippen LogP contribution in [0, 0.1) is 6.54 Å². The molecule has 0 aromatic rings. The van der Waals surface area contributed by atoms with E-state index < -0.39 is 0 Å². The maximum atomic E-state index is 10.8. The van der Waals surface area contributed by atoms with Crippen LogP contribution in [0.5, 0.6) is 0 Å². The molecule has 0 aromatic carbocycles. The molecule has 0 aliphatic carbocycles. The van der Waals surface area contributed by atoms with Gasteiger partial charge < -0.3 is 4.74 Å². The Bertz CT molecular complexity index is 165. The van der Waals surface area contributed by atoms with Crippen LogP contribution in [0.4, 0.5) is 0 Å². The molecule has 0 aromatic heterocycles. The number of esters is 1. The topological polar surface area (TPSA) is 29.5 Å². The zero-order valence-corrected chi connectivity index (χ0v) is 6.62. The average Bonchev–Trinajstić information content (AvgIpc) is 2.06. The van der Waals surface area contributed by atoms with Gasteiger partial charge in [0.1, 0.15) is 0 Å². The van der Waals surface area contributed by atoms with Crippen LogP contribution in [0.15, 0.2) is 12.2 Å². The van der Waals surface area contributed by atoms with E-state index in [-0.39, 0.29) is 5.97 Å². The van der Waals surface area contributed by atoms with Gasteiger partial charge in [-0.25, -0.2) is 0 Å². The van der Waals surface area contributed by atoms with E-state index in [0.29, 0.717) is 6.54 Å². The highest BCUT2D eigenvalue weighted by molar-refractivity contribution is 5.71. The molecule has 0 atom stereocenters. The van der Waals surface area contributed by atoms with Crippen molar-refractivity contribution in [1.82, 2.24) is 4.90 Å². The minimum absolute atomic E-state index is 0.184. The summed E-state index contributed by atoms with van der Waals surface area (Å²) in [6, 6.07) is 0. The molecule has 1 radical (unpaired) electrons. The Morgan fingerprint density at radius 1 is 1.64 bits per heavy atom. The molecule has 0 fully saturated rings. The van der Waals surface area contributed by atoms with Crippen molar-refractivity contribution in [3.63, 3.8) is 0 Å². The second kappa shape index (κ2) is 4.13. The van der Waals surface area contributed by atoms with Gasteiger partial charge in [-0.2, -0.15) is 0 Å². The summed E-state index contributed by atoms with van der Waals surface area (Å²) in [5.74, 6) is -0.184. The number of hydrogen-bond acceptors (Lipinski definition) is 3. The van der Waals surface area contributed by atoms with Crippen LogP contribution in [0.2, 0.25) is 0 Å². The highest BCUT2D eigenvalue weighted by Gasteiger charge is 2.10. The maximum absolute atomic E-state index is 10.8. The van der Waals surface area contributed by atoms with E-state index in [9.17, 15) is 4.79 Å². The molecule has 11 heavy (non-hydrogen) atoms. The fourth-order valence-electron chi connectivity index (χ4n) is 0.950. The van der Waals surface area contributed by atoms with Crippen LogP contribution in [0.25, 0.3) is 0 Å². The van der Waals surface area contributed by atoms with Gasteiger partial charge in [0.15, 0.2) is 0 Å². The third-order valence-electron chi connectivity index (χ3n) is 1.57. The van der Waals surface area contributed by atoms with Gasteiger partial charge >= 0.3 is 5.97 Å². The van der Waals surface area contributed by atoms with Crippen LogP contribution in [0.3, 0.4) is 0 Å². The molecule has 0 saturated carbocycles. The van der Waals surface area contributed by atoms with E-state index in [1.807, 2.05) is 17.5 Å². The van der Waals surface area contributed by atoms with Crippen molar-refractivity contribution >= 4 is 5.97 Å². The van der Waals surface area contributed by atoms with Crippen molar-refractivity contribution in [3.8, 4) is 0 Å². The van der Waals surface area contributed by atoms with Gasteiger partial charge in [0.05, 0.1) is 13.7 Å². The predicted octanol–water partition coefficient (Wildman–Crippen LogP) is 0.583. The predicted molar refractivity (Wildman–Crippen MR) is 41.6 cm³/mol. The summed E-state index contributed by atoms with van der Waals surface area (Å²) >= 11 is 0. The number of methoxy groups -OCH3 is 1. The number of nitrogens with zero attached hydrogens (tertiary/aromatic N) is 1. The summed E-state index contributed by atoms with van der Waals surface area (Å²) in [7, 11) is 1.40. The molecule has 3 heteroatoms. The Hall–Kier alpha value is -0.830. The summed E-state index contributed by atoms with van der Waals surface area (Å²) in [4.78, 5) is 12.7. The highest BCUT2D eigenvalue weighted by Crippen LogP contribution is 2.04. The normalized spacial score (nSPS) is 18.3. The largest absolute Gasteiger partial charge is 0.468 e. The first-order valence-electron chi connectivity index (χ1n) is 3.62.